The number of hydrogen-bond donors (Lipinski definition) is 0. The van der Waals surface area contributed by atoms with Gasteiger partial charge in [-0.2, -0.15) is 0 Å². The van der Waals surface area contributed by atoms with Crippen LogP contribution in [0.1, 0.15) is 31.0 Å². The molecule has 0 spiro atoms. The average molecular weight is 336 g/mol. The SMILES string of the molecule is CC(CN1CCCC1)C(=O)N1Cc2cnc(-c3ccccc3)nc2C1. The van der Waals surface area contributed by atoms with Crippen LogP contribution in [0.25, 0.3) is 11.4 Å². The Hall–Kier alpha value is -2.27. The molecule has 0 bridgehead atoms. The zero-order chi connectivity index (χ0) is 17.2. The molecule has 2 aromatic rings. The van der Waals surface area contributed by atoms with Crippen LogP contribution in [0.4, 0.5) is 0 Å². The number of benzene rings is 1. The first-order chi connectivity index (χ1) is 12.2. The largest absolute Gasteiger partial charge is 0.332 e. The maximum Gasteiger partial charge on any atom is 0.227 e. The molecule has 1 aromatic carbocycles. The van der Waals surface area contributed by atoms with E-state index in [-0.39, 0.29) is 11.8 Å². The molecule has 25 heavy (non-hydrogen) atoms. The van der Waals surface area contributed by atoms with Crippen LogP contribution in [0.3, 0.4) is 0 Å². The second-order valence-electron chi connectivity index (χ2n) is 7.13. The standard InChI is InChI=1S/C20H24N4O/c1-15(12-23-9-5-6-10-23)20(25)24-13-17-11-21-19(22-18(17)14-24)16-7-3-2-4-8-16/h2-4,7-8,11,15H,5-6,9-10,12-14H2,1H3. The van der Waals surface area contributed by atoms with Crippen molar-refractivity contribution in [3.05, 3.63) is 47.8 Å². The molecule has 0 radical (unpaired) electrons. The molecule has 5 heteroatoms. The van der Waals surface area contributed by atoms with Crippen molar-refractivity contribution in [2.24, 2.45) is 5.92 Å². The maximum absolute atomic E-state index is 12.8. The predicted molar refractivity (Wildman–Crippen MR) is 96.6 cm³/mol. The second kappa shape index (κ2) is 6.92. The van der Waals surface area contributed by atoms with Crippen LogP contribution in [-0.2, 0) is 17.9 Å². The second-order valence-corrected chi connectivity index (χ2v) is 7.13. The van der Waals surface area contributed by atoms with Crippen molar-refractivity contribution in [1.82, 2.24) is 19.8 Å². The Kier molecular flexibility index (Phi) is 4.49. The van der Waals surface area contributed by atoms with Gasteiger partial charge in [-0.3, -0.25) is 4.79 Å². The normalized spacial score (nSPS) is 18.4. The van der Waals surface area contributed by atoms with Gasteiger partial charge >= 0.3 is 0 Å². The quantitative estimate of drug-likeness (QED) is 0.861. The van der Waals surface area contributed by atoms with Crippen molar-refractivity contribution >= 4 is 5.91 Å². The molecule has 0 aliphatic carbocycles. The summed E-state index contributed by atoms with van der Waals surface area (Å²) in [6.07, 6.45) is 4.39. The van der Waals surface area contributed by atoms with Crippen LogP contribution in [0, 0.1) is 5.92 Å². The van der Waals surface area contributed by atoms with Gasteiger partial charge in [0.25, 0.3) is 0 Å². The molecule has 5 nitrogen and oxygen atoms in total. The van der Waals surface area contributed by atoms with E-state index in [0.29, 0.717) is 13.1 Å². The van der Waals surface area contributed by atoms with E-state index in [1.54, 1.807) is 0 Å². The van der Waals surface area contributed by atoms with Gasteiger partial charge in [-0.1, -0.05) is 37.3 Å². The van der Waals surface area contributed by atoms with Crippen molar-refractivity contribution in [2.75, 3.05) is 19.6 Å². The summed E-state index contributed by atoms with van der Waals surface area (Å²) in [5.74, 6) is 0.999. The summed E-state index contributed by atoms with van der Waals surface area (Å²) >= 11 is 0. The number of aromatic nitrogens is 2. The molecule has 2 aliphatic heterocycles. The zero-order valence-electron chi connectivity index (χ0n) is 14.7. The number of nitrogens with zero attached hydrogens (tertiary/aromatic N) is 4. The Labute approximate surface area is 148 Å². The minimum absolute atomic E-state index is 0.0361. The Morgan fingerprint density at radius 1 is 1.16 bits per heavy atom. The van der Waals surface area contributed by atoms with Crippen molar-refractivity contribution in [3.63, 3.8) is 0 Å². The third kappa shape index (κ3) is 3.42. The minimum atomic E-state index is 0.0361. The lowest BCUT2D eigenvalue weighted by Gasteiger charge is -2.24. The van der Waals surface area contributed by atoms with E-state index in [1.165, 1.54) is 12.8 Å². The molecule has 2 aliphatic rings. The highest BCUT2D eigenvalue weighted by molar-refractivity contribution is 5.79. The molecule has 0 saturated carbocycles. The van der Waals surface area contributed by atoms with E-state index in [0.717, 1.165) is 42.3 Å². The molecule has 1 saturated heterocycles. The number of likely N-dealkylation sites (tertiary alicyclic amines) is 1. The van der Waals surface area contributed by atoms with Crippen LogP contribution in [0.15, 0.2) is 36.5 Å². The molecule has 1 amide bonds. The average Bonchev–Trinajstić information content (AvgIpc) is 3.30. The van der Waals surface area contributed by atoms with E-state index in [2.05, 4.69) is 9.88 Å². The highest BCUT2D eigenvalue weighted by Crippen LogP contribution is 2.25. The molecule has 4 rings (SSSR count). The van der Waals surface area contributed by atoms with Crippen molar-refractivity contribution < 1.29 is 4.79 Å². The molecular weight excluding hydrogens is 312 g/mol. The van der Waals surface area contributed by atoms with Crippen LogP contribution in [-0.4, -0.2) is 45.3 Å². The molecule has 1 aromatic heterocycles. The third-order valence-corrected chi connectivity index (χ3v) is 5.15. The van der Waals surface area contributed by atoms with Gasteiger partial charge in [0.05, 0.1) is 12.2 Å². The number of hydrogen-bond acceptors (Lipinski definition) is 4. The lowest BCUT2D eigenvalue weighted by molar-refractivity contribution is -0.136. The van der Waals surface area contributed by atoms with Gasteiger partial charge in [0, 0.05) is 36.3 Å². The number of amides is 1. The smallest absolute Gasteiger partial charge is 0.227 e. The molecule has 130 valence electrons. The summed E-state index contributed by atoms with van der Waals surface area (Å²) in [6.45, 7) is 6.40. The summed E-state index contributed by atoms with van der Waals surface area (Å²) in [7, 11) is 0. The molecule has 1 unspecified atom stereocenters. The maximum atomic E-state index is 12.8. The molecule has 0 N–H and O–H groups in total. The number of carbonyl (C=O) groups excluding carboxylic acids is 1. The molecular formula is C20H24N4O. The van der Waals surface area contributed by atoms with Crippen LogP contribution < -0.4 is 0 Å². The van der Waals surface area contributed by atoms with Crippen molar-refractivity contribution in [3.8, 4) is 11.4 Å². The summed E-state index contributed by atoms with van der Waals surface area (Å²) in [5.41, 5.74) is 3.06. The van der Waals surface area contributed by atoms with Gasteiger partial charge in [-0.15, -0.1) is 0 Å². The lowest BCUT2D eigenvalue weighted by Crippen LogP contribution is -2.37. The van der Waals surface area contributed by atoms with Gasteiger partial charge in [0.15, 0.2) is 5.82 Å². The van der Waals surface area contributed by atoms with E-state index in [4.69, 9.17) is 4.98 Å². The fourth-order valence-corrected chi connectivity index (χ4v) is 3.78. The summed E-state index contributed by atoms with van der Waals surface area (Å²) in [4.78, 5) is 26.3. The molecule has 1 fully saturated rings. The Morgan fingerprint density at radius 2 is 1.92 bits per heavy atom. The highest BCUT2D eigenvalue weighted by atomic mass is 16.2. The minimum Gasteiger partial charge on any atom is -0.332 e. The van der Waals surface area contributed by atoms with Gasteiger partial charge in [-0.05, 0) is 25.9 Å². The Balaban J connectivity index is 1.44. The number of fused-ring (bicyclic) bond motifs is 1. The van der Waals surface area contributed by atoms with Gasteiger partial charge in [-0.25, -0.2) is 9.97 Å². The Bertz CT molecular complexity index is 756. The van der Waals surface area contributed by atoms with Crippen molar-refractivity contribution in [2.45, 2.75) is 32.9 Å². The molecule has 3 heterocycles. The predicted octanol–water partition coefficient (Wildman–Crippen LogP) is 2.72. The first-order valence-electron chi connectivity index (χ1n) is 9.12. The van der Waals surface area contributed by atoms with E-state index >= 15 is 0 Å². The number of carbonyl (C=O) groups is 1. The highest BCUT2D eigenvalue weighted by Gasteiger charge is 2.29. The monoisotopic (exact) mass is 336 g/mol. The van der Waals surface area contributed by atoms with E-state index in [1.807, 2.05) is 48.4 Å². The van der Waals surface area contributed by atoms with Crippen LogP contribution in [0.5, 0.6) is 0 Å². The molecule has 1 atom stereocenters. The topological polar surface area (TPSA) is 49.3 Å². The third-order valence-electron chi connectivity index (χ3n) is 5.15. The van der Waals surface area contributed by atoms with Gasteiger partial charge < -0.3 is 9.80 Å². The summed E-state index contributed by atoms with van der Waals surface area (Å²) in [6, 6.07) is 9.98. The number of rotatable bonds is 4. The summed E-state index contributed by atoms with van der Waals surface area (Å²) < 4.78 is 0. The first-order valence-corrected chi connectivity index (χ1v) is 9.12. The summed E-state index contributed by atoms with van der Waals surface area (Å²) in [5, 5.41) is 0. The Morgan fingerprint density at radius 3 is 2.68 bits per heavy atom. The zero-order valence-corrected chi connectivity index (χ0v) is 14.7. The van der Waals surface area contributed by atoms with Crippen LogP contribution >= 0.6 is 0 Å². The first kappa shape index (κ1) is 16.2. The fourth-order valence-electron chi connectivity index (χ4n) is 3.78. The van der Waals surface area contributed by atoms with Gasteiger partial charge in [0.2, 0.25) is 5.91 Å². The van der Waals surface area contributed by atoms with E-state index < -0.39 is 0 Å². The fraction of sp³-hybridized carbons (Fsp3) is 0.450. The van der Waals surface area contributed by atoms with Crippen molar-refractivity contribution in [1.29, 1.82) is 0 Å². The van der Waals surface area contributed by atoms with E-state index in [9.17, 15) is 4.79 Å². The lowest BCUT2D eigenvalue weighted by atomic mass is 10.1. The van der Waals surface area contributed by atoms with Crippen LogP contribution in [0.2, 0.25) is 0 Å². The van der Waals surface area contributed by atoms with Gasteiger partial charge in [0.1, 0.15) is 0 Å².